The van der Waals surface area contributed by atoms with E-state index in [1.807, 2.05) is 6.92 Å². The van der Waals surface area contributed by atoms with Crippen LogP contribution in [0.3, 0.4) is 0 Å². The van der Waals surface area contributed by atoms with Gasteiger partial charge in [-0.05, 0) is 13.3 Å². The summed E-state index contributed by atoms with van der Waals surface area (Å²) in [6, 6.07) is 0. The molecule has 0 spiro atoms. The summed E-state index contributed by atoms with van der Waals surface area (Å²) in [5, 5.41) is 15.0. The first-order valence-electron chi connectivity index (χ1n) is 5.16. The van der Waals surface area contributed by atoms with E-state index in [1.165, 1.54) is 4.57 Å². The van der Waals surface area contributed by atoms with Gasteiger partial charge < -0.3 is 9.67 Å². The summed E-state index contributed by atoms with van der Waals surface area (Å²) in [5.74, 6) is 0.295. The second kappa shape index (κ2) is 5.72. The van der Waals surface area contributed by atoms with Crippen molar-refractivity contribution >= 4 is 11.8 Å². The van der Waals surface area contributed by atoms with Gasteiger partial charge in [-0.1, -0.05) is 18.7 Å². The van der Waals surface area contributed by atoms with Gasteiger partial charge in [0.25, 0.3) is 0 Å². The third kappa shape index (κ3) is 3.60. The minimum absolute atomic E-state index is 0.195. The summed E-state index contributed by atoms with van der Waals surface area (Å²) in [6.45, 7) is 3.14. The average molecular weight is 269 g/mol. The van der Waals surface area contributed by atoms with Gasteiger partial charge in [0.05, 0.1) is 0 Å². The number of aromatic nitrogens is 3. The van der Waals surface area contributed by atoms with Crippen LogP contribution in [0.2, 0.25) is 0 Å². The Bertz CT molecular complexity index is 367. The summed E-state index contributed by atoms with van der Waals surface area (Å²) in [6.07, 6.45) is -3.54. The molecule has 1 atom stereocenters. The van der Waals surface area contributed by atoms with Crippen LogP contribution in [0.5, 0.6) is 0 Å². The standard InChI is InChI=1S/C9H14F3N3OS/c1-3-4-15-7(5-16)13-14-8(15)17-6(2)9(10,11)12/h6,16H,3-5H2,1-2H3. The van der Waals surface area contributed by atoms with Crippen LogP contribution in [0, 0.1) is 0 Å². The Hall–Kier alpha value is -0.760. The van der Waals surface area contributed by atoms with Gasteiger partial charge in [0.15, 0.2) is 11.0 Å². The number of halogens is 3. The smallest absolute Gasteiger partial charge is 0.388 e. The molecule has 0 saturated heterocycles. The van der Waals surface area contributed by atoms with Crippen LogP contribution in [0.25, 0.3) is 0 Å². The zero-order valence-electron chi connectivity index (χ0n) is 9.53. The number of hydrogen-bond acceptors (Lipinski definition) is 4. The van der Waals surface area contributed by atoms with Crippen LogP contribution in [0.4, 0.5) is 13.2 Å². The number of nitrogens with zero attached hydrogens (tertiary/aromatic N) is 3. The summed E-state index contributed by atoms with van der Waals surface area (Å²) in [4.78, 5) is 0. The molecule has 1 aromatic rings. The van der Waals surface area contributed by atoms with Crippen LogP contribution < -0.4 is 0 Å². The Kier molecular flexibility index (Phi) is 4.81. The number of aliphatic hydroxyl groups is 1. The fourth-order valence-corrected chi connectivity index (χ4v) is 2.06. The fourth-order valence-electron chi connectivity index (χ4n) is 1.20. The molecule has 1 rings (SSSR count). The summed E-state index contributed by atoms with van der Waals surface area (Å²) < 4.78 is 38.8. The number of alkyl halides is 3. The molecule has 0 aliphatic rings. The molecule has 8 heteroatoms. The van der Waals surface area contributed by atoms with E-state index in [4.69, 9.17) is 5.11 Å². The highest BCUT2D eigenvalue weighted by atomic mass is 32.2. The van der Waals surface area contributed by atoms with Crippen molar-refractivity contribution in [3.63, 3.8) is 0 Å². The van der Waals surface area contributed by atoms with Crippen LogP contribution in [0.1, 0.15) is 26.1 Å². The number of rotatable bonds is 5. The highest BCUT2D eigenvalue weighted by molar-refractivity contribution is 7.99. The quantitative estimate of drug-likeness (QED) is 0.833. The molecule has 0 saturated carbocycles. The maximum Gasteiger partial charge on any atom is 0.400 e. The first-order chi connectivity index (χ1) is 7.90. The lowest BCUT2D eigenvalue weighted by atomic mass is 10.4. The van der Waals surface area contributed by atoms with Gasteiger partial charge >= 0.3 is 6.18 Å². The zero-order chi connectivity index (χ0) is 13.1. The highest BCUT2D eigenvalue weighted by Gasteiger charge is 2.37. The van der Waals surface area contributed by atoms with E-state index in [9.17, 15) is 13.2 Å². The Balaban J connectivity index is 2.87. The Morgan fingerprint density at radius 3 is 2.53 bits per heavy atom. The largest absolute Gasteiger partial charge is 0.400 e. The average Bonchev–Trinajstić information content (AvgIpc) is 2.60. The minimum atomic E-state index is -4.27. The lowest BCUT2D eigenvalue weighted by Gasteiger charge is -2.15. The van der Waals surface area contributed by atoms with Crippen molar-refractivity contribution in [2.24, 2.45) is 0 Å². The fraction of sp³-hybridized carbons (Fsp3) is 0.778. The van der Waals surface area contributed by atoms with Gasteiger partial charge in [-0.3, -0.25) is 0 Å². The molecule has 1 N–H and O–H groups in total. The molecular formula is C9H14F3N3OS. The van der Waals surface area contributed by atoms with E-state index in [1.54, 1.807) is 0 Å². The molecule has 0 fully saturated rings. The summed E-state index contributed by atoms with van der Waals surface area (Å²) in [5.41, 5.74) is 0. The van der Waals surface area contributed by atoms with Crippen LogP contribution in [-0.2, 0) is 13.2 Å². The number of aliphatic hydroxyl groups excluding tert-OH is 1. The predicted octanol–water partition coefficient (Wildman–Crippen LogP) is 2.22. The first-order valence-corrected chi connectivity index (χ1v) is 6.04. The molecular weight excluding hydrogens is 255 g/mol. The normalized spacial score (nSPS) is 14.0. The zero-order valence-corrected chi connectivity index (χ0v) is 10.3. The van der Waals surface area contributed by atoms with Gasteiger partial charge in [-0.25, -0.2) is 0 Å². The number of hydrogen-bond donors (Lipinski definition) is 1. The molecule has 1 heterocycles. The molecule has 4 nitrogen and oxygen atoms in total. The van der Waals surface area contributed by atoms with Crippen molar-refractivity contribution in [3.8, 4) is 0 Å². The maximum atomic E-state index is 12.4. The molecule has 0 amide bonds. The third-order valence-electron chi connectivity index (χ3n) is 2.13. The molecule has 0 bridgehead atoms. The lowest BCUT2D eigenvalue weighted by Crippen LogP contribution is -2.22. The first kappa shape index (κ1) is 14.3. The van der Waals surface area contributed by atoms with Crippen molar-refractivity contribution in [2.45, 2.75) is 50.0 Å². The molecule has 0 radical (unpaired) electrons. The Labute approximate surface area is 101 Å². The van der Waals surface area contributed by atoms with Crippen LogP contribution >= 0.6 is 11.8 Å². The van der Waals surface area contributed by atoms with Gasteiger partial charge in [0.2, 0.25) is 0 Å². The van der Waals surface area contributed by atoms with E-state index in [0.717, 1.165) is 13.3 Å². The van der Waals surface area contributed by atoms with Crippen LogP contribution in [0.15, 0.2) is 5.16 Å². The van der Waals surface area contributed by atoms with Gasteiger partial charge in [-0.2, -0.15) is 13.2 Å². The minimum Gasteiger partial charge on any atom is -0.388 e. The lowest BCUT2D eigenvalue weighted by molar-refractivity contribution is -0.125. The summed E-state index contributed by atoms with van der Waals surface area (Å²) >= 11 is 0.607. The molecule has 0 aliphatic heterocycles. The van der Waals surface area contributed by atoms with E-state index in [-0.39, 0.29) is 11.8 Å². The molecule has 1 unspecified atom stereocenters. The second-order valence-corrected chi connectivity index (χ2v) is 4.82. The van der Waals surface area contributed by atoms with Gasteiger partial charge in [0, 0.05) is 6.54 Å². The van der Waals surface area contributed by atoms with Gasteiger partial charge in [-0.15, -0.1) is 10.2 Å². The molecule has 0 aromatic carbocycles. The van der Waals surface area contributed by atoms with Gasteiger partial charge in [0.1, 0.15) is 11.9 Å². The maximum absolute atomic E-state index is 12.4. The summed E-state index contributed by atoms with van der Waals surface area (Å²) in [7, 11) is 0. The molecule has 98 valence electrons. The van der Waals surface area contributed by atoms with E-state index in [0.29, 0.717) is 24.1 Å². The highest BCUT2D eigenvalue weighted by Crippen LogP contribution is 2.34. The van der Waals surface area contributed by atoms with E-state index in [2.05, 4.69) is 10.2 Å². The van der Waals surface area contributed by atoms with Crippen molar-refractivity contribution in [1.29, 1.82) is 0 Å². The number of thioether (sulfide) groups is 1. The monoisotopic (exact) mass is 269 g/mol. The topological polar surface area (TPSA) is 50.9 Å². The van der Waals surface area contributed by atoms with Crippen molar-refractivity contribution in [1.82, 2.24) is 14.8 Å². The van der Waals surface area contributed by atoms with Crippen LogP contribution in [-0.4, -0.2) is 31.3 Å². The van der Waals surface area contributed by atoms with Crippen molar-refractivity contribution in [2.75, 3.05) is 0 Å². The third-order valence-corrected chi connectivity index (χ3v) is 3.26. The SMILES string of the molecule is CCCn1c(CO)nnc1SC(C)C(F)(F)F. The van der Waals surface area contributed by atoms with Crippen molar-refractivity contribution < 1.29 is 18.3 Å². The van der Waals surface area contributed by atoms with Crippen molar-refractivity contribution in [3.05, 3.63) is 5.82 Å². The molecule has 0 aliphatic carbocycles. The predicted molar refractivity (Wildman–Crippen MR) is 57.6 cm³/mol. The Morgan fingerprint density at radius 2 is 2.06 bits per heavy atom. The Morgan fingerprint density at radius 1 is 1.41 bits per heavy atom. The second-order valence-electron chi connectivity index (χ2n) is 3.51. The molecule has 17 heavy (non-hydrogen) atoms. The van der Waals surface area contributed by atoms with E-state index < -0.39 is 11.4 Å². The van der Waals surface area contributed by atoms with E-state index >= 15 is 0 Å². The molecule has 1 aromatic heterocycles.